The first-order chi connectivity index (χ1) is 13.1. The number of aromatic nitrogens is 4. The minimum absolute atomic E-state index is 0.0451. The van der Waals surface area contributed by atoms with E-state index in [0.29, 0.717) is 28.5 Å². The Morgan fingerprint density at radius 1 is 1.41 bits per heavy atom. The van der Waals surface area contributed by atoms with Gasteiger partial charge in [-0.15, -0.1) is 11.3 Å². The quantitative estimate of drug-likeness (QED) is 0.735. The molecule has 1 fully saturated rings. The third-order valence-electron chi connectivity index (χ3n) is 4.73. The SMILES string of the molecule is CN(Cc1nc2ccsc2c(=O)[nH]1)C(=O)C1CCCN(c2ncccn2)C1. The molecule has 3 aromatic heterocycles. The summed E-state index contributed by atoms with van der Waals surface area (Å²) in [5.74, 6) is 1.08. The third-order valence-corrected chi connectivity index (χ3v) is 5.64. The highest BCUT2D eigenvalue weighted by atomic mass is 32.1. The average molecular weight is 384 g/mol. The molecule has 4 rings (SSSR count). The second kappa shape index (κ2) is 7.43. The summed E-state index contributed by atoms with van der Waals surface area (Å²) < 4.78 is 0.610. The highest BCUT2D eigenvalue weighted by molar-refractivity contribution is 7.17. The van der Waals surface area contributed by atoms with Gasteiger partial charge in [-0.2, -0.15) is 0 Å². The second-order valence-corrected chi connectivity index (χ2v) is 7.59. The van der Waals surface area contributed by atoms with Crippen molar-refractivity contribution in [3.63, 3.8) is 0 Å². The zero-order chi connectivity index (χ0) is 18.8. The summed E-state index contributed by atoms with van der Waals surface area (Å²) >= 11 is 1.36. The van der Waals surface area contributed by atoms with Crippen LogP contribution in [0.4, 0.5) is 5.95 Å². The lowest BCUT2D eigenvalue weighted by molar-refractivity contribution is -0.135. The number of thiophene rings is 1. The van der Waals surface area contributed by atoms with Gasteiger partial charge in [0.2, 0.25) is 11.9 Å². The van der Waals surface area contributed by atoms with E-state index in [1.165, 1.54) is 11.3 Å². The van der Waals surface area contributed by atoms with Crippen LogP contribution in [0.2, 0.25) is 0 Å². The van der Waals surface area contributed by atoms with Gasteiger partial charge in [0.15, 0.2) is 0 Å². The molecule has 1 aliphatic heterocycles. The molecule has 3 aromatic rings. The Morgan fingerprint density at radius 2 is 2.22 bits per heavy atom. The van der Waals surface area contributed by atoms with Crippen LogP contribution >= 0.6 is 11.3 Å². The summed E-state index contributed by atoms with van der Waals surface area (Å²) in [7, 11) is 1.75. The fraction of sp³-hybridized carbons (Fsp3) is 0.389. The maximum absolute atomic E-state index is 12.9. The van der Waals surface area contributed by atoms with Crippen LogP contribution in [0, 0.1) is 5.92 Å². The van der Waals surface area contributed by atoms with Crippen LogP contribution in [-0.2, 0) is 11.3 Å². The van der Waals surface area contributed by atoms with Gasteiger partial charge in [0.1, 0.15) is 10.5 Å². The highest BCUT2D eigenvalue weighted by Gasteiger charge is 2.29. The Morgan fingerprint density at radius 3 is 3.04 bits per heavy atom. The van der Waals surface area contributed by atoms with E-state index in [1.54, 1.807) is 30.4 Å². The van der Waals surface area contributed by atoms with Crippen LogP contribution in [-0.4, -0.2) is 50.9 Å². The van der Waals surface area contributed by atoms with Crippen molar-refractivity contribution in [2.24, 2.45) is 5.92 Å². The van der Waals surface area contributed by atoms with Crippen molar-refractivity contribution in [1.82, 2.24) is 24.8 Å². The molecule has 1 unspecified atom stereocenters. The van der Waals surface area contributed by atoms with Gasteiger partial charge < -0.3 is 14.8 Å². The number of hydrogen-bond acceptors (Lipinski definition) is 7. The van der Waals surface area contributed by atoms with E-state index >= 15 is 0 Å². The number of fused-ring (bicyclic) bond motifs is 1. The first-order valence-electron chi connectivity index (χ1n) is 8.85. The first kappa shape index (κ1) is 17.6. The molecule has 1 saturated heterocycles. The van der Waals surface area contributed by atoms with E-state index in [4.69, 9.17) is 0 Å². The van der Waals surface area contributed by atoms with Crippen LogP contribution in [0.5, 0.6) is 0 Å². The smallest absolute Gasteiger partial charge is 0.268 e. The predicted molar refractivity (Wildman–Crippen MR) is 104 cm³/mol. The normalized spacial score (nSPS) is 17.2. The predicted octanol–water partition coefficient (Wildman–Crippen LogP) is 1.65. The largest absolute Gasteiger partial charge is 0.340 e. The molecule has 4 heterocycles. The molecule has 0 aromatic carbocycles. The monoisotopic (exact) mass is 384 g/mol. The summed E-state index contributed by atoms with van der Waals surface area (Å²) in [5.41, 5.74) is 0.514. The lowest BCUT2D eigenvalue weighted by Crippen LogP contribution is -2.44. The van der Waals surface area contributed by atoms with E-state index in [-0.39, 0.29) is 23.9 Å². The molecular formula is C18H20N6O2S. The van der Waals surface area contributed by atoms with Crippen LogP contribution in [0.15, 0.2) is 34.7 Å². The molecule has 8 nitrogen and oxygen atoms in total. The minimum Gasteiger partial charge on any atom is -0.340 e. The number of H-pyrrole nitrogens is 1. The van der Waals surface area contributed by atoms with Gasteiger partial charge in [-0.3, -0.25) is 9.59 Å². The fourth-order valence-corrected chi connectivity index (χ4v) is 4.15. The van der Waals surface area contributed by atoms with Crippen molar-refractivity contribution < 1.29 is 4.79 Å². The van der Waals surface area contributed by atoms with Crippen LogP contribution < -0.4 is 10.5 Å². The molecule has 0 saturated carbocycles. The first-order valence-corrected chi connectivity index (χ1v) is 9.73. The zero-order valence-electron chi connectivity index (χ0n) is 15.0. The fourth-order valence-electron chi connectivity index (χ4n) is 3.43. The Kier molecular flexibility index (Phi) is 4.85. The summed E-state index contributed by atoms with van der Waals surface area (Å²) in [6, 6.07) is 3.60. The van der Waals surface area contributed by atoms with Crippen molar-refractivity contribution >= 4 is 33.4 Å². The molecule has 0 aliphatic carbocycles. The molecule has 1 N–H and O–H groups in total. The topological polar surface area (TPSA) is 95.1 Å². The van der Waals surface area contributed by atoms with E-state index in [0.717, 1.165) is 19.4 Å². The van der Waals surface area contributed by atoms with Crippen molar-refractivity contribution in [1.29, 1.82) is 0 Å². The number of nitrogens with one attached hydrogen (secondary N) is 1. The summed E-state index contributed by atoms with van der Waals surface area (Å²) in [4.78, 5) is 44.5. The van der Waals surface area contributed by atoms with Gasteiger partial charge in [0.25, 0.3) is 5.56 Å². The molecule has 0 spiro atoms. The molecule has 9 heteroatoms. The van der Waals surface area contributed by atoms with Crippen LogP contribution in [0.3, 0.4) is 0 Å². The zero-order valence-corrected chi connectivity index (χ0v) is 15.8. The van der Waals surface area contributed by atoms with Crippen molar-refractivity contribution in [2.45, 2.75) is 19.4 Å². The number of piperidine rings is 1. The molecule has 1 atom stereocenters. The average Bonchev–Trinajstić information content (AvgIpc) is 3.17. The lowest BCUT2D eigenvalue weighted by atomic mass is 9.97. The number of carbonyl (C=O) groups excluding carboxylic acids is 1. The van der Waals surface area contributed by atoms with E-state index in [9.17, 15) is 9.59 Å². The maximum atomic E-state index is 12.9. The molecule has 27 heavy (non-hydrogen) atoms. The lowest BCUT2D eigenvalue weighted by Gasteiger charge is -2.33. The number of carbonyl (C=O) groups is 1. The van der Waals surface area contributed by atoms with Gasteiger partial charge in [-0.25, -0.2) is 15.0 Å². The van der Waals surface area contributed by atoms with Crippen molar-refractivity contribution in [2.75, 3.05) is 25.0 Å². The van der Waals surface area contributed by atoms with E-state index in [2.05, 4.69) is 24.8 Å². The van der Waals surface area contributed by atoms with Gasteiger partial charge in [-0.05, 0) is 30.4 Å². The van der Waals surface area contributed by atoms with Gasteiger partial charge >= 0.3 is 0 Å². The number of hydrogen-bond donors (Lipinski definition) is 1. The Labute approximate surface area is 159 Å². The van der Waals surface area contributed by atoms with Gasteiger partial charge in [0, 0.05) is 32.5 Å². The van der Waals surface area contributed by atoms with Gasteiger partial charge in [-0.1, -0.05) is 0 Å². The molecule has 1 amide bonds. The summed E-state index contributed by atoms with van der Waals surface area (Å²) in [6.07, 6.45) is 5.17. The molecule has 140 valence electrons. The standard InChI is InChI=1S/C18H20N6O2S/c1-23(11-14-21-13-5-9-27-15(13)16(25)22-14)17(26)12-4-2-8-24(10-12)18-19-6-3-7-20-18/h3,5-7,9,12H,2,4,8,10-11H2,1H3,(H,21,22,25). The molecular weight excluding hydrogens is 364 g/mol. The summed E-state index contributed by atoms with van der Waals surface area (Å²) in [6.45, 7) is 1.72. The molecule has 0 radical (unpaired) electrons. The highest BCUT2D eigenvalue weighted by Crippen LogP contribution is 2.22. The van der Waals surface area contributed by atoms with E-state index < -0.39 is 0 Å². The van der Waals surface area contributed by atoms with Crippen LogP contribution in [0.25, 0.3) is 10.2 Å². The Balaban J connectivity index is 1.45. The molecule has 0 bridgehead atoms. The van der Waals surface area contributed by atoms with E-state index in [1.807, 2.05) is 11.4 Å². The van der Waals surface area contributed by atoms with Crippen LogP contribution in [0.1, 0.15) is 18.7 Å². The second-order valence-electron chi connectivity index (χ2n) is 6.68. The number of amides is 1. The van der Waals surface area contributed by atoms with Gasteiger partial charge in [0.05, 0.1) is 18.0 Å². The number of aromatic amines is 1. The maximum Gasteiger partial charge on any atom is 0.268 e. The number of rotatable bonds is 4. The summed E-state index contributed by atoms with van der Waals surface area (Å²) in [5, 5.41) is 1.84. The third kappa shape index (κ3) is 3.68. The molecule has 1 aliphatic rings. The number of anilines is 1. The number of nitrogens with zero attached hydrogens (tertiary/aromatic N) is 5. The van der Waals surface area contributed by atoms with Crippen molar-refractivity contribution in [3.05, 3.63) is 46.1 Å². The van der Waals surface area contributed by atoms with Crippen molar-refractivity contribution in [3.8, 4) is 0 Å². The Hall–Kier alpha value is -2.81. The minimum atomic E-state index is -0.157. The Bertz CT molecular complexity index is 1000.